The number of imidazole rings is 1. The van der Waals surface area contributed by atoms with Gasteiger partial charge in [0.2, 0.25) is 5.91 Å². The van der Waals surface area contributed by atoms with Crippen molar-refractivity contribution in [1.29, 1.82) is 0 Å². The number of benzene rings is 1. The van der Waals surface area contributed by atoms with Crippen molar-refractivity contribution in [2.75, 3.05) is 11.9 Å². The normalized spacial score (nSPS) is 10.9. The molecule has 0 atom stereocenters. The van der Waals surface area contributed by atoms with Crippen molar-refractivity contribution >= 4 is 33.9 Å². The fourth-order valence-electron chi connectivity index (χ4n) is 3.51. The van der Waals surface area contributed by atoms with Gasteiger partial charge in [-0.1, -0.05) is 42.8 Å². The second-order valence-corrected chi connectivity index (χ2v) is 8.35. The smallest absolute Gasteiger partial charge is 0.270 e. The molecule has 3 heterocycles. The predicted molar refractivity (Wildman–Crippen MR) is 127 cm³/mol. The lowest BCUT2D eigenvalue weighted by Crippen LogP contribution is -2.26. The Labute approximate surface area is 190 Å². The van der Waals surface area contributed by atoms with E-state index >= 15 is 0 Å². The van der Waals surface area contributed by atoms with Crippen LogP contribution in [0.3, 0.4) is 0 Å². The number of hydrogen-bond acceptors (Lipinski definition) is 5. The molecule has 4 aromatic rings. The van der Waals surface area contributed by atoms with E-state index in [9.17, 15) is 9.59 Å². The number of nitrogens with zero attached hydrogens (tertiary/aromatic N) is 3. The van der Waals surface area contributed by atoms with Crippen LogP contribution in [0.4, 0.5) is 5.13 Å². The third-order valence-electron chi connectivity index (χ3n) is 5.11. The number of carbonyl (C=O) groups excluding carboxylic acids is 2. The molecular formula is C24H25N5O2S. The molecule has 2 N–H and O–H groups in total. The minimum atomic E-state index is -0.128. The van der Waals surface area contributed by atoms with Crippen molar-refractivity contribution in [3.05, 3.63) is 71.5 Å². The number of rotatable bonds is 9. The van der Waals surface area contributed by atoms with Crippen molar-refractivity contribution in [2.45, 2.75) is 32.6 Å². The summed E-state index contributed by atoms with van der Waals surface area (Å²) in [6, 6.07) is 15.5. The lowest BCUT2D eigenvalue weighted by molar-refractivity contribution is -0.116. The van der Waals surface area contributed by atoms with Crippen molar-refractivity contribution in [1.82, 2.24) is 19.7 Å². The maximum Gasteiger partial charge on any atom is 0.270 e. The Morgan fingerprint density at radius 3 is 2.66 bits per heavy atom. The van der Waals surface area contributed by atoms with E-state index in [1.54, 1.807) is 4.40 Å². The van der Waals surface area contributed by atoms with Crippen molar-refractivity contribution in [2.24, 2.45) is 0 Å². The van der Waals surface area contributed by atoms with Crippen LogP contribution in [0, 0.1) is 6.92 Å². The number of carbonyl (C=O) groups is 2. The Morgan fingerprint density at radius 2 is 1.81 bits per heavy atom. The first-order chi connectivity index (χ1) is 15.6. The topological polar surface area (TPSA) is 88.4 Å². The summed E-state index contributed by atoms with van der Waals surface area (Å²) in [6.07, 6.45) is 4.69. The Bertz CT molecular complexity index is 1220. The summed E-state index contributed by atoms with van der Waals surface area (Å²) in [4.78, 5) is 33.6. The van der Waals surface area contributed by atoms with E-state index in [1.165, 1.54) is 11.3 Å². The largest absolute Gasteiger partial charge is 0.351 e. The number of aromatic nitrogens is 3. The molecule has 0 spiro atoms. The molecule has 0 aliphatic carbocycles. The first kappa shape index (κ1) is 21.7. The molecule has 164 valence electrons. The molecule has 0 unspecified atom stereocenters. The summed E-state index contributed by atoms with van der Waals surface area (Å²) in [6.45, 7) is 2.40. The number of nitrogens with one attached hydrogen (secondary N) is 2. The molecule has 0 bridgehead atoms. The Balaban J connectivity index is 1.16. The van der Waals surface area contributed by atoms with Gasteiger partial charge in [-0.15, -0.1) is 11.3 Å². The van der Waals surface area contributed by atoms with Crippen molar-refractivity contribution < 1.29 is 9.59 Å². The Kier molecular flexibility index (Phi) is 6.91. The van der Waals surface area contributed by atoms with Crippen LogP contribution in [0.2, 0.25) is 0 Å². The van der Waals surface area contributed by atoms with E-state index in [0.717, 1.165) is 36.2 Å². The molecular weight excluding hydrogens is 422 g/mol. The molecule has 0 saturated heterocycles. The summed E-state index contributed by atoms with van der Waals surface area (Å²) in [5.74, 6) is -0.165. The zero-order valence-electron chi connectivity index (χ0n) is 17.9. The maximum absolute atomic E-state index is 12.5. The van der Waals surface area contributed by atoms with E-state index in [-0.39, 0.29) is 11.8 Å². The van der Waals surface area contributed by atoms with E-state index in [4.69, 9.17) is 0 Å². The average Bonchev–Trinajstić information content (AvgIpc) is 3.40. The molecule has 7 nitrogen and oxygen atoms in total. The third kappa shape index (κ3) is 5.20. The molecule has 3 aromatic heterocycles. The van der Waals surface area contributed by atoms with Crippen molar-refractivity contribution in [3.8, 4) is 11.3 Å². The van der Waals surface area contributed by atoms with Gasteiger partial charge in [-0.05, 0) is 31.9 Å². The highest BCUT2D eigenvalue weighted by molar-refractivity contribution is 7.14. The standard InChI is InChI=1S/C24H25N5O2S/c1-17-22(29-15-9-7-12-20(29)26-17)23(31)25-14-8-3-6-13-21(30)28-24-27-19(16-32-24)18-10-4-2-5-11-18/h2,4-5,7,9-12,15-16H,3,6,8,13-14H2,1H3,(H,25,31)(H,27,28,30). The molecule has 8 heteroatoms. The number of aryl methyl sites for hydroxylation is 1. The first-order valence-electron chi connectivity index (χ1n) is 10.6. The number of thiazole rings is 1. The number of hydrogen-bond donors (Lipinski definition) is 2. The lowest BCUT2D eigenvalue weighted by atomic mass is 10.2. The number of unbranched alkanes of at least 4 members (excludes halogenated alkanes) is 2. The van der Waals surface area contributed by atoms with Gasteiger partial charge in [-0.3, -0.25) is 14.0 Å². The third-order valence-corrected chi connectivity index (χ3v) is 5.86. The SMILES string of the molecule is Cc1nc2ccccn2c1C(=O)NCCCCCC(=O)Nc1nc(-c2ccccc2)cs1. The zero-order valence-corrected chi connectivity index (χ0v) is 18.7. The molecule has 4 rings (SSSR count). The molecule has 0 fully saturated rings. The summed E-state index contributed by atoms with van der Waals surface area (Å²) in [5, 5.41) is 8.39. The molecule has 1 aromatic carbocycles. The summed E-state index contributed by atoms with van der Waals surface area (Å²) < 4.78 is 1.80. The van der Waals surface area contributed by atoms with E-state index in [0.29, 0.717) is 29.5 Å². The fourth-order valence-corrected chi connectivity index (χ4v) is 4.25. The molecule has 0 aliphatic rings. The van der Waals surface area contributed by atoms with Crippen LogP contribution in [0.15, 0.2) is 60.1 Å². The van der Waals surface area contributed by atoms with E-state index in [2.05, 4.69) is 20.6 Å². The Morgan fingerprint density at radius 1 is 1.00 bits per heavy atom. The average molecular weight is 448 g/mol. The van der Waals surface area contributed by atoms with Gasteiger partial charge in [0.15, 0.2) is 5.13 Å². The minimum Gasteiger partial charge on any atom is -0.351 e. The maximum atomic E-state index is 12.5. The number of amides is 2. The Hall–Kier alpha value is -3.52. The van der Waals surface area contributed by atoms with Gasteiger partial charge in [0.05, 0.1) is 11.4 Å². The van der Waals surface area contributed by atoms with Gasteiger partial charge in [0, 0.05) is 30.1 Å². The quantitative estimate of drug-likeness (QED) is 0.364. The van der Waals surface area contributed by atoms with E-state index in [1.807, 2.05) is 67.0 Å². The fraction of sp³-hybridized carbons (Fsp3) is 0.250. The molecule has 0 radical (unpaired) electrons. The highest BCUT2D eigenvalue weighted by Gasteiger charge is 2.15. The van der Waals surface area contributed by atoms with Gasteiger partial charge >= 0.3 is 0 Å². The summed E-state index contributed by atoms with van der Waals surface area (Å²) in [7, 11) is 0. The van der Waals surface area contributed by atoms with Crippen LogP contribution < -0.4 is 10.6 Å². The zero-order chi connectivity index (χ0) is 22.3. The molecule has 2 amide bonds. The van der Waals surface area contributed by atoms with Gasteiger partial charge < -0.3 is 10.6 Å². The second-order valence-electron chi connectivity index (χ2n) is 7.49. The highest BCUT2D eigenvalue weighted by Crippen LogP contribution is 2.24. The van der Waals surface area contributed by atoms with Gasteiger partial charge in [0.1, 0.15) is 11.3 Å². The summed E-state index contributed by atoms with van der Waals surface area (Å²) in [5.41, 5.74) is 3.94. The van der Waals surface area contributed by atoms with Crippen LogP contribution in [0.25, 0.3) is 16.9 Å². The number of pyridine rings is 1. The van der Waals surface area contributed by atoms with E-state index < -0.39 is 0 Å². The molecule has 0 aliphatic heterocycles. The van der Waals surface area contributed by atoms with Gasteiger partial charge in [-0.25, -0.2) is 9.97 Å². The predicted octanol–water partition coefficient (Wildman–Crippen LogP) is 4.70. The van der Waals surface area contributed by atoms with Crippen LogP contribution in [-0.2, 0) is 4.79 Å². The highest BCUT2D eigenvalue weighted by atomic mass is 32.1. The van der Waals surface area contributed by atoms with Crippen LogP contribution in [0.5, 0.6) is 0 Å². The molecule has 0 saturated carbocycles. The van der Waals surface area contributed by atoms with Gasteiger partial charge in [0.25, 0.3) is 5.91 Å². The monoisotopic (exact) mass is 447 g/mol. The van der Waals surface area contributed by atoms with Crippen molar-refractivity contribution in [3.63, 3.8) is 0 Å². The first-order valence-corrected chi connectivity index (χ1v) is 11.5. The molecule has 32 heavy (non-hydrogen) atoms. The number of anilines is 1. The minimum absolute atomic E-state index is 0.0376. The second kappa shape index (κ2) is 10.2. The van der Waals surface area contributed by atoms with Crippen LogP contribution in [0.1, 0.15) is 41.9 Å². The van der Waals surface area contributed by atoms with Gasteiger partial charge in [-0.2, -0.15) is 0 Å². The lowest BCUT2D eigenvalue weighted by Gasteiger charge is -2.06. The number of fused-ring (bicyclic) bond motifs is 1. The van der Waals surface area contributed by atoms with Crippen LogP contribution >= 0.6 is 11.3 Å². The van der Waals surface area contributed by atoms with Crippen LogP contribution in [-0.4, -0.2) is 32.7 Å². The summed E-state index contributed by atoms with van der Waals surface area (Å²) >= 11 is 1.43.